The Balaban J connectivity index is 1.67. The first-order valence-corrected chi connectivity index (χ1v) is 8.60. The molecule has 0 bridgehead atoms. The normalized spacial score (nSPS) is 10.7. The highest BCUT2D eigenvalue weighted by Gasteiger charge is 2.13. The van der Waals surface area contributed by atoms with Gasteiger partial charge in [-0.05, 0) is 50.7 Å². The molecule has 0 fully saturated rings. The maximum absolute atomic E-state index is 5.38. The molecule has 3 rings (SSSR count). The molecule has 0 aliphatic heterocycles. The molecule has 0 aliphatic rings. The van der Waals surface area contributed by atoms with Gasteiger partial charge in [0.25, 0.3) is 0 Å². The van der Waals surface area contributed by atoms with Gasteiger partial charge in [-0.25, -0.2) is 0 Å². The molecular formula is C19H22N4OS. The summed E-state index contributed by atoms with van der Waals surface area (Å²) in [4.78, 5) is 0. The molecular weight excluding hydrogens is 332 g/mol. The van der Waals surface area contributed by atoms with Crippen LogP contribution < -0.4 is 10.6 Å². The number of furan rings is 1. The molecule has 130 valence electrons. The summed E-state index contributed by atoms with van der Waals surface area (Å²) in [6, 6.07) is 12.2. The number of rotatable bonds is 5. The van der Waals surface area contributed by atoms with Crippen molar-refractivity contribution in [1.82, 2.24) is 15.1 Å². The largest absolute Gasteiger partial charge is 0.467 e. The molecule has 0 saturated carbocycles. The highest BCUT2D eigenvalue weighted by Crippen LogP contribution is 2.20. The number of anilines is 1. The molecule has 1 aromatic carbocycles. The molecule has 0 amide bonds. The molecule has 2 aromatic heterocycles. The first kappa shape index (κ1) is 17.2. The number of benzene rings is 1. The molecule has 25 heavy (non-hydrogen) atoms. The van der Waals surface area contributed by atoms with Gasteiger partial charge in [-0.3, -0.25) is 4.68 Å². The van der Waals surface area contributed by atoms with Crippen LogP contribution in [0.4, 0.5) is 5.69 Å². The number of hydrogen-bond acceptors (Lipinski definition) is 3. The Morgan fingerprint density at radius 1 is 1.20 bits per heavy atom. The van der Waals surface area contributed by atoms with Gasteiger partial charge in [0, 0.05) is 0 Å². The van der Waals surface area contributed by atoms with Crippen LogP contribution in [0.5, 0.6) is 0 Å². The van der Waals surface area contributed by atoms with Gasteiger partial charge in [0.15, 0.2) is 5.11 Å². The molecule has 0 saturated heterocycles. The Hall–Kier alpha value is -2.60. The third kappa shape index (κ3) is 4.28. The van der Waals surface area contributed by atoms with Crippen molar-refractivity contribution in [3.8, 4) is 0 Å². The van der Waals surface area contributed by atoms with E-state index in [0.717, 1.165) is 29.4 Å². The first-order chi connectivity index (χ1) is 12.0. The zero-order valence-corrected chi connectivity index (χ0v) is 15.5. The van der Waals surface area contributed by atoms with Crippen LogP contribution in [-0.2, 0) is 13.1 Å². The summed E-state index contributed by atoms with van der Waals surface area (Å²) >= 11 is 5.38. The fraction of sp³-hybridized carbons (Fsp3) is 0.263. The molecule has 0 unspecified atom stereocenters. The van der Waals surface area contributed by atoms with E-state index < -0.39 is 0 Å². The Morgan fingerprint density at radius 3 is 2.76 bits per heavy atom. The maximum atomic E-state index is 5.38. The van der Waals surface area contributed by atoms with E-state index in [4.69, 9.17) is 16.6 Å². The van der Waals surface area contributed by atoms with E-state index in [1.54, 1.807) is 6.26 Å². The molecule has 5 nitrogen and oxygen atoms in total. The quantitative estimate of drug-likeness (QED) is 0.680. The summed E-state index contributed by atoms with van der Waals surface area (Å²) < 4.78 is 7.30. The predicted octanol–water partition coefficient (Wildman–Crippen LogP) is 3.94. The first-order valence-electron chi connectivity index (χ1n) is 8.19. The standard InChI is InChI=1S/C19H22N4OS/c1-13-6-4-7-16(10-13)12-23-15(3)18(14(2)22-23)21-19(25)20-11-17-8-5-9-24-17/h4-10H,11-12H2,1-3H3,(H2,20,21,25). The van der Waals surface area contributed by atoms with Gasteiger partial charge in [-0.1, -0.05) is 29.8 Å². The van der Waals surface area contributed by atoms with Crippen molar-refractivity contribution >= 4 is 23.0 Å². The van der Waals surface area contributed by atoms with Crippen LogP contribution in [0, 0.1) is 20.8 Å². The van der Waals surface area contributed by atoms with Gasteiger partial charge in [-0.2, -0.15) is 5.10 Å². The number of aromatic nitrogens is 2. The summed E-state index contributed by atoms with van der Waals surface area (Å²) in [5, 5.41) is 11.6. The smallest absolute Gasteiger partial charge is 0.171 e. The Kier molecular flexibility index (Phi) is 5.19. The van der Waals surface area contributed by atoms with E-state index in [0.29, 0.717) is 11.7 Å². The van der Waals surface area contributed by atoms with Gasteiger partial charge in [0.05, 0.1) is 36.4 Å². The lowest BCUT2D eigenvalue weighted by molar-refractivity contribution is 0.503. The van der Waals surface area contributed by atoms with Gasteiger partial charge in [0.1, 0.15) is 5.76 Å². The number of aryl methyl sites for hydroxylation is 2. The lowest BCUT2D eigenvalue weighted by atomic mass is 10.1. The second-order valence-electron chi connectivity index (χ2n) is 6.08. The topological polar surface area (TPSA) is 55.0 Å². The van der Waals surface area contributed by atoms with Crippen molar-refractivity contribution in [2.24, 2.45) is 0 Å². The summed E-state index contributed by atoms with van der Waals surface area (Å²) in [7, 11) is 0. The Bertz CT molecular complexity index is 868. The third-order valence-electron chi connectivity index (χ3n) is 4.04. The summed E-state index contributed by atoms with van der Waals surface area (Å²) in [5.41, 5.74) is 5.41. The fourth-order valence-corrected chi connectivity index (χ4v) is 2.93. The zero-order chi connectivity index (χ0) is 17.8. The molecule has 3 aromatic rings. The van der Waals surface area contributed by atoms with E-state index in [2.05, 4.69) is 46.9 Å². The molecule has 0 spiro atoms. The highest BCUT2D eigenvalue weighted by atomic mass is 32.1. The van der Waals surface area contributed by atoms with Crippen LogP contribution in [0.3, 0.4) is 0 Å². The summed E-state index contributed by atoms with van der Waals surface area (Å²) in [6.07, 6.45) is 1.65. The molecule has 6 heteroatoms. The van der Waals surface area contributed by atoms with Gasteiger partial charge < -0.3 is 15.1 Å². The second kappa shape index (κ2) is 7.53. The zero-order valence-electron chi connectivity index (χ0n) is 14.7. The minimum Gasteiger partial charge on any atom is -0.467 e. The van der Waals surface area contributed by atoms with Crippen molar-refractivity contribution in [1.29, 1.82) is 0 Å². The van der Waals surface area contributed by atoms with Gasteiger partial charge in [0.2, 0.25) is 0 Å². The minimum absolute atomic E-state index is 0.550. The van der Waals surface area contributed by atoms with Crippen LogP contribution in [0.2, 0.25) is 0 Å². The Labute approximate surface area is 153 Å². The summed E-state index contributed by atoms with van der Waals surface area (Å²) in [6.45, 7) is 7.42. The predicted molar refractivity (Wildman–Crippen MR) is 104 cm³/mol. The van der Waals surface area contributed by atoms with Crippen molar-refractivity contribution in [2.75, 3.05) is 5.32 Å². The van der Waals surface area contributed by atoms with Crippen LogP contribution in [-0.4, -0.2) is 14.9 Å². The van der Waals surface area contributed by atoms with Crippen LogP contribution >= 0.6 is 12.2 Å². The van der Waals surface area contributed by atoms with E-state index in [1.807, 2.05) is 30.7 Å². The van der Waals surface area contributed by atoms with E-state index in [9.17, 15) is 0 Å². The molecule has 0 aliphatic carbocycles. The van der Waals surface area contributed by atoms with Crippen molar-refractivity contribution < 1.29 is 4.42 Å². The number of hydrogen-bond donors (Lipinski definition) is 2. The van der Waals surface area contributed by atoms with Crippen LogP contribution in [0.1, 0.15) is 28.3 Å². The summed E-state index contributed by atoms with van der Waals surface area (Å²) in [5.74, 6) is 0.840. The molecule has 2 N–H and O–H groups in total. The second-order valence-corrected chi connectivity index (χ2v) is 6.49. The highest BCUT2D eigenvalue weighted by molar-refractivity contribution is 7.80. The van der Waals surface area contributed by atoms with Crippen molar-refractivity contribution in [3.05, 3.63) is 70.9 Å². The van der Waals surface area contributed by atoms with Crippen molar-refractivity contribution in [2.45, 2.75) is 33.9 Å². The number of nitrogens with zero attached hydrogens (tertiary/aromatic N) is 2. The lowest BCUT2D eigenvalue weighted by Crippen LogP contribution is -2.28. The maximum Gasteiger partial charge on any atom is 0.171 e. The SMILES string of the molecule is Cc1cccc(Cn2nc(C)c(NC(=S)NCc3ccco3)c2C)c1. The van der Waals surface area contributed by atoms with Crippen LogP contribution in [0.25, 0.3) is 0 Å². The average Bonchev–Trinajstić information content (AvgIpc) is 3.17. The molecule has 2 heterocycles. The number of nitrogens with one attached hydrogen (secondary N) is 2. The average molecular weight is 354 g/mol. The van der Waals surface area contributed by atoms with E-state index >= 15 is 0 Å². The van der Waals surface area contributed by atoms with Gasteiger partial charge in [-0.15, -0.1) is 0 Å². The third-order valence-corrected chi connectivity index (χ3v) is 4.28. The molecule has 0 radical (unpaired) electrons. The lowest BCUT2D eigenvalue weighted by Gasteiger charge is -2.10. The molecule has 0 atom stereocenters. The van der Waals surface area contributed by atoms with Gasteiger partial charge >= 0.3 is 0 Å². The van der Waals surface area contributed by atoms with E-state index in [-0.39, 0.29) is 0 Å². The van der Waals surface area contributed by atoms with Crippen molar-refractivity contribution in [3.63, 3.8) is 0 Å². The van der Waals surface area contributed by atoms with Crippen LogP contribution in [0.15, 0.2) is 47.1 Å². The Morgan fingerprint density at radius 2 is 2.04 bits per heavy atom. The minimum atomic E-state index is 0.550. The number of thiocarbonyl (C=S) groups is 1. The monoisotopic (exact) mass is 354 g/mol. The fourth-order valence-electron chi connectivity index (χ4n) is 2.75. The van der Waals surface area contributed by atoms with E-state index in [1.165, 1.54) is 11.1 Å².